The van der Waals surface area contributed by atoms with Crippen LogP contribution in [0.3, 0.4) is 0 Å². The van der Waals surface area contributed by atoms with E-state index in [0.717, 1.165) is 11.1 Å². The molecular weight excluding hydrogens is 562 g/mol. The molecule has 4 rings (SSSR count). The molecule has 0 bridgehead atoms. The Morgan fingerprint density at radius 3 is 2.71 bits per heavy atom. The van der Waals surface area contributed by atoms with E-state index in [1.165, 1.54) is 18.2 Å². The van der Waals surface area contributed by atoms with Crippen LogP contribution in [-0.2, 0) is 56.7 Å². The molecule has 2 N–H and O–H groups in total. The third-order valence-electron chi connectivity index (χ3n) is 6.53. The monoisotopic (exact) mass is 593 g/mol. The number of aliphatic hydroxyl groups is 1. The third kappa shape index (κ3) is 7.66. The van der Waals surface area contributed by atoms with Crippen molar-refractivity contribution in [3.8, 4) is 11.5 Å². The van der Waals surface area contributed by atoms with Crippen molar-refractivity contribution in [1.82, 2.24) is 5.32 Å². The van der Waals surface area contributed by atoms with Gasteiger partial charge in [-0.25, -0.2) is 14.4 Å². The lowest BCUT2D eigenvalue weighted by Gasteiger charge is -2.40. The Labute approximate surface area is 241 Å². The number of carbonyl (C=O) groups excluding carboxylic acids is 3. The van der Waals surface area contributed by atoms with Crippen molar-refractivity contribution in [2.45, 2.75) is 44.2 Å². The molecule has 2 unspecified atom stereocenters. The number of benzene rings is 2. The van der Waals surface area contributed by atoms with Crippen molar-refractivity contribution in [2.24, 2.45) is 0 Å². The van der Waals surface area contributed by atoms with Crippen LogP contribution < -0.4 is 14.8 Å². The zero-order valence-electron chi connectivity index (χ0n) is 22.7. The van der Waals surface area contributed by atoms with E-state index in [1.54, 1.807) is 20.1 Å². The molecular formula is C28H32ClNO11. The van der Waals surface area contributed by atoms with Crippen molar-refractivity contribution in [3.05, 3.63) is 58.1 Å². The Morgan fingerprint density at radius 1 is 1.12 bits per heavy atom. The first-order valence-corrected chi connectivity index (χ1v) is 13.4. The molecule has 3 atom stereocenters. The number of hydrogen-bond acceptors (Lipinski definition) is 12. The normalized spacial score (nSPS) is 21.9. The summed E-state index contributed by atoms with van der Waals surface area (Å²) in [5, 5.41) is 14.8. The molecule has 1 fully saturated rings. The number of aryl methyl sites for hydroxylation is 1. The number of hydrogen-bond donors (Lipinski definition) is 2. The van der Waals surface area contributed by atoms with Gasteiger partial charge in [0.25, 0.3) is 5.79 Å². The van der Waals surface area contributed by atoms with E-state index in [0.29, 0.717) is 38.2 Å². The second kappa shape index (κ2) is 14.0. The van der Waals surface area contributed by atoms with Gasteiger partial charge in [0.15, 0.2) is 13.4 Å². The number of rotatable bonds is 13. The summed E-state index contributed by atoms with van der Waals surface area (Å²) in [7, 11) is 1.55. The predicted octanol–water partition coefficient (Wildman–Crippen LogP) is 2.00. The summed E-state index contributed by atoms with van der Waals surface area (Å²) < 4.78 is 36.6. The molecule has 12 nitrogen and oxygen atoms in total. The van der Waals surface area contributed by atoms with Crippen LogP contribution in [0.5, 0.6) is 11.5 Å². The van der Waals surface area contributed by atoms with Gasteiger partial charge in [-0.3, -0.25) is 5.32 Å². The van der Waals surface area contributed by atoms with E-state index in [2.05, 4.69) is 5.32 Å². The van der Waals surface area contributed by atoms with E-state index >= 15 is 0 Å². The Balaban J connectivity index is 1.46. The van der Waals surface area contributed by atoms with Crippen LogP contribution in [0.4, 0.5) is 0 Å². The number of nitrogens with one attached hydrogen (secondary N) is 1. The lowest BCUT2D eigenvalue weighted by Crippen LogP contribution is -2.61. The van der Waals surface area contributed by atoms with Gasteiger partial charge in [0.1, 0.15) is 11.5 Å². The van der Waals surface area contributed by atoms with Crippen LogP contribution in [0.1, 0.15) is 30.0 Å². The summed E-state index contributed by atoms with van der Waals surface area (Å²) in [6.45, 7) is 2.42. The Morgan fingerprint density at radius 2 is 1.95 bits per heavy atom. The highest BCUT2D eigenvalue weighted by Crippen LogP contribution is 2.37. The topological polar surface area (TPSA) is 148 Å². The smallest absolute Gasteiger partial charge is 0.420 e. The van der Waals surface area contributed by atoms with Gasteiger partial charge in [0.2, 0.25) is 6.23 Å². The van der Waals surface area contributed by atoms with Gasteiger partial charge in [0, 0.05) is 18.7 Å². The second-order valence-electron chi connectivity index (χ2n) is 9.31. The molecule has 1 aliphatic heterocycles. The lowest BCUT2D eigenvalue weighted by molar-refractivity contribution is -0.288. The summed E-state index contributed by atoms with van der Waals surface area (Å²) in [4.78, 5) is 35.9. The molecule has 0 radical (unpaired) electrons. The van der Waals surface area contributed by atoms with Crippen molar-refractivity contribution in [2.75, 3.05) is 40.3 Å². The van der Waals surface area contributed by atoms with E-state index in [4.69, 9.17) is 44.8 Å². The molecule has 0 amide bonds. The average Bonchev–Trinajstić information content (AvgIpc) is 2.95. The summed E-state index contributed by atoms with van der Waals surface area (Å²) in [5.74, 6) is -4.64. The minimum atomic E-state index is -2.37. The molecule has 0 spiro atoms. The lowest BCUT2D eigenvalue weighted by atomic mass is 9.87. The highest BCUT2D eigenvalue weighted by Gasteiger charge is 2.52. The fourth-order valence-electron chi connectivity index (χ4n) is 4.50. The molecule has 0 saturated carbocycles. The number of ether oxygens (including phenoxy) is 7. The highest BCUT2D eigenvalue weighted by molar-refractivity contribution is 6.32. The van der Waals surface area contributed by atoms with Crippen LogP contribution in [0.25, 0.3) is 0 Å². The number of esters is 3. The zero-order valence-corrected chi connectivity index (χ0v) is 23.4. The second-order valence-corrected chi connectivity index (χ2v) is 9.72. The fourth-order valence-corrected chi connectivity index (χ4v) is 4.74. The highest BCUT2D eigenvalue weighted by atomic mass is 35.5. The average molecular weight is 594 g/mol. The van der Waals surface area contributed by atoms with Crippen LogP contribution in [-0.4, -0.2) is 75.6 Å². The van der Waals surface area contributed by atoms with Crippen LogP contribution in [0.15, 0.2) is 36.4 Å². The number of methoxy groups -OCH3 is 1. The molecule has 1 saturated heterocycles. The molecule has 13 heteroatoms. The zero-order chi connectivity index (χ0) is 29.4. The molecule has 1 heterocycles. The first-order chi connectivity index (χ1) is 19.7. The van der Waals surface area contributed by atoms with Crippen LogP contribution in [0.2, 0.25) is 5.02 Å². The maximum atomic E-state index is 12.1. The van der Waals surface area contributed by atoms with Crippen molar-refractivity contribution < 1.29 is 52.6 Å². The summed E-state index contributed by atoms with van der Waals surface area (Å²) >= 11 is 6.36. The first kappa shape index (κ1) is 30.5. The van der Waals surface area contributed by atoms with Crippen LogP contribution in [0, 0.1) is 0 Å². The van der Waals surface area contributed by atoms with E-state index < -0.39 is 29.9 Å². The Bertz CT molecular complexity index is 1260. The molecule has 2 aromatic rings. The largest absolute Gasteiger partial charge is 0.482 e. The predicted molar refractivity (Wildman–Crippen MR) is 142 cm³/mol. The molecule has 0 aromatic heterocycles. The minimum Gasteiger partial charge on any atom is -0.482 e. The summed E-state index contributed by atoms with van der Waals surface area (Å²) in [6.07, 6.45) is 0.391. The molecule has 2 aliphatic rings. The number of cyclic esters (lactones) is 2. The maximum Gasteiger partial charge on any atom is 0.420 e. The maximum absolute atomic E-state index is 12.1. The molecule has 222 valence electrons. The van der Waals surface area contributed by atoms with Crippen molar-refractivity contribution in [3.63, 3.8) is 0 Å². The first-order valence-electron chi connectivity index (χ1n) is 13.1. The molecule has 2 aromatic carbocycles. The van der Waals surface area contributed by atoms with Gasteiger partial charge >= 0.3 is 17.9 Å². The summed E-state index contributed by atoms with van der Waals surface area (Å²) in [5.41, 5.74) is 2.12. The Kier molecular flexibility index (Phi) is 10.4. The van der Waals surface area contributed by atoms with Crippen LogP contribution >= 0.6 is 11.6 Å². The van der Waals surface area contributed by atoms with Gasteiger partial charge in [-0.2, -0.15) is 0 Å². The van der Waals surface area contributed by atoms with E-state index in [1.807, 2.05) is 12.1 Å². The van der Waals surface area contributed by atoms with E-state index in [9.17, 15) is 19.5 Å². The molecule has 41 heavy (non-hydrogen) atoms. The SMILES string of the molecule is CCOC(=O)COc1ccc2c(c1)C[C@@H](NC1OC(=O)C(=O)OC1(O)c1ccc(OCOCCOC)c(Cl)c1)CC2. The third-order valence-corrected chi connectivity index (χ3v) is 6.82. The number of halogens is 1. The number of fused-ring (bicyclic) bond motifs is 1. The fraction of sp³-hybridized carbons (Fsp3) is 0.464. The van der Waals surface area contributed by atoms with E-state index in [-0.39, 0.29) is 42.4 Å². The van der Waals surface area contributed by atoms with Gasteiger partial charge in [-0.05, 0) is 67.6 Å². The van der Waals surface area contributed by atoms with Gasteiger partial charge in [-0.15, -0.1) is 0 Å². The van der Waals surface area contributed by atoms with Crippen molar-refractivity contribution >= 4 is 29.5 Å². The standard InChI is InChI=1S/C28H32ClNO11/c1-3-37-24(31)15-38-21-8-5-17-4-7-20(12-18(17)13-21)30-27-28(34,41-26(33)25(32)40-27)19-6-9-23(22(29)14-19)39-16-36-11-10-35-2/h5-6,8-9,13-14,20,27,30,34H,3-4,7,10-12,15-16H2,1-2H3/t20-,27?,28?/m0/s1. The minimum absolute atomic E-state index is 0.0689. The van der Waals surface area contributed by atoms with Gasteiger partial charge < -0.3 is 38.3 Å². The quantitative estimate of drug-likeness (QED) is 0.115. The number of carbonyl (C=O) groups is 3. The Hall–Kier alpha value is -3.42. The van der Waals surface area contributed by atoms with Gasteiger partial charge in [-0.1, -0.05) is 17.7 Å². The summed E-state index contributed by atoms with van der Waals surface area (Å²) in [6, 6.07) is 9.56. The van der Waals surface area contributed by atoms with Crippen molar-refractivity contribution in [1.29, 1.82) is 0 Å². The van der Waals surface area contributed by atoms with Gasteiger partial charge in [0.05, 0.1) is 24.8 Å². The molecule has 1 aliphatic carbocycles.